The molecule has 0 aliphatic heterocycles. The zero-order valence-electron chi connectivity index (χ0n) is 8.83. The number of hydrogen-bond acceptors (Lipinski definition) is 4. The Morgan fingerprint density at radius 3 is 2.62 bits per heavy atom. The molecule has 5 heteroatoms. The summed E-state index contributed by atoms with van der Waals surface area (Å²) in [6.07, 6.45) is -1.62. The lowest BCUT2D eigenvalue weighted by Crippen LogP contribution is -2.29. The fourth-order valence-electron chi connectivity index (χ4n) is 1.17. The summed E-state index contributed by atoms with van der Waals surface area (Å²) < 4.78 is 9.88. The number of carbonyl (C=O) groups excluding carboxylic acids is 1. The Morgan fingerprint density at radius 1 is 1.38 bits per heavy atom. The average Bonchev–Trinajstić information content (AvgIpc) is 2.28. The summed E-state index contributed by atoms with van der Waals surface area (Å²) in [6, 6.07) is 9.56. The third-order valence-corrected chi connectivity index (χ3v) is 1.90. The lowest BCUT2D eigenvalue weighted by Gasteiger charge is -2.13. The highest BCUT2D eigenvalue weighted by molar-refractivity contribution is 5.64. The number of amides is 1. The van der Waals surface area contributed by atoms with E-state index in [9.17, 15) is 4.79 Å². The molecule has 3 N–H and O–H groups in total. The number of aliphatic hydroxyl groups excluding tert-OH is 1. The summed E-state index contributed by atoms with van der Waals surface area (Å²) in [4.78, 5) is 10.4. The standard InChI is InChI=1S/C11H15NO4/c12-11(14)16-10(6-13)8-15-7-9-4-2-1-3-5-9/h1-5,10,13H,6-8H2,(H2,12,14). The molecule has 88 valence electrons. The Bertz CT molecular complexity index is 315. The van der Waals surface area contributed by atoms with Gasteiger partial charge < -0.3 is 20.3 Å². The van der Waals surface area contributed by atoms with E-state index in [1.807, 2.05) is 30.3 Å². The highest BCUT2D eigenvalue weighted by Gasteiger charge is 2.10. The zero-order chi connectivity index (χ0) is 11.8. The van der Waals surface area contributed by atoms with Gasteiger partial charge in [0.1, 0.15) is 6.10 Å². The zero-order valence-corrected chi connectivity index (χ0v) is 8.83. The number of carbonyl (C=O) groups is 1. The van der Waals surface area contributed by atoms with E-state index >= 15 is 0 Å². The molecule has 0 aliphatic carbocycles. The van der Waals surface area contributed by atoms with Gasteiger partial charge in [0.25, 0.3) is 0 Å². The number of aliphatic hydroxyl groups is 1. The van der Waals surface area contributed by atoms with Gasteiger partial charge in [0, 0.05) is 0 Å². The maximum atomic E-state index is 10.4. The largest absolute Gasteiger partial charge is 0.441 e. The SMILES string of the molecule is NC(=O)OC(CO)COCc1ccccc1. The smallest absolute Gasteiger partial charge is 0.404 e. The summed E-state index contributed by atoms with van der Waals surface area (Å²) in [7, 11) is 0. The van der Waals surface area contributed by atoms with Crippen LogP contribution in [0.2, 0.25) is 0 Å². The molecule has 0 aliphatic rings. The van der Waals surface area contributed by atoms with Crippen molar-refractivity contribution in [2.45, 2.75) is 12.7 Å². The van der Waals surface area contributed by atoms with Crippen molar-refractivity contribution in [1.29, 1.82) is 0 Å². The third-order valence-electron chi connectivity index (χ3n) is 1.90. The number of rotatable bonds is 6. The molecule has 0 saturated carbocycles. The molecule has 0 radical (unpaired) electrons. The van der Waals surface area contributed by atoms with E-state index in [1.54, 1.807) is 0 Å². The van der Waals surface area contributed by atoms with E-state index in [0.29, 0.717) is 6.61 Å². The molecule has 5 nitrogen and oxygen atoms in total. The maximum absolute atomic E-state index is 10.4. The van der Waals surface area contributed by atoms with Crippen molar-refractivity contribution in [2.24, 2.45) is 5.73 Å². The summed E-state index contributed by atoms with van der Waals surface area (Å²) in [5.41, 5.74) is 5.84. The Hall–Kier alpha value is -1.59. The van der Waals surface area contributed by atoms with Gasteiger partial charge in [0.2, 0.25) is 0 Å². The van der Waals surface area contributed by atoms with E-state index in [-0.39, 0.29) is 13.2 Å². The van der Waals surface area contributed by atoms with Crippen LogP contribution >= 0.6 is 0 Å². The number of ether oxygens (including phenoxy) is 2. The van der Waals surface area contributed by atoms with Crippen LogP contribution in [0.3, 0.4) is 0 Å². The summed E-state index contributed by atoms with van der Waals surface area (Å²) >= 11 is 0. The molecule has 0 spiro atoms. The van der Waals surface area contributed by atoms with Crippen LogP contribution in [0.4, 0.5) is 4.79 Å². The molecule has 0 aromatic heterocycles. The highest BCUT2D eigenvalue weighted by Crippen LogP contribution is 2.02. The molecule has 1 unspecified atom stereocenters. The predicted octanol–water partition coefficient (Wildman–Crippen LogP) is 0.659. The first-order chi connectivity index (χ1) is 7.72. The molecule has 1 aromatic rings. The molecule has 1 rings (SSSR count). The van der Waals surface area contributed by atoms with Crippen LogP contribution in [-0.4, -0.2) is 30.5 Å². The molecular formula is C11H15NO4. The maximum Gasteiger partial charge on any atom is 0.404 e. The van der Waals surface area contributed by atoms with Gasteiger partial charge >= 0.3 is 6.09 Å². The second kappa shape index (κ2) is 6.81. The minimum absolute atomic E-state index is 0.119. The number of nitrogens with two attached hydrogens (primary N) is 1. The van der Waals surface area contributed by atoms with Crippen molar-refractivity contribution in [2.75, 3.05) is 13.2 Å². The van der Waals surface area contributed by atoms with Crippen LogP contribution in [0.1, 0.15) is 5.56 Å². The van der Waals surface area contributed by atoms with E-state index in [4.69, 9.17) is 15.6 Å². The normalized spacial score (nSPS) is 12.1. The Morgan fingerprint density at radius 2 is 2.06 bits per heavy atom. The van der Waals surface area contributed by atoms with E-state index in [0.717, 1.165) is 5.56 Å². The molecule has 1 aromatic carbocycles. The lowest BCUT2D eigenvalue weighted by atomic mass is 10.2. The first-order valence-electron chi connectivity index (χ1n) is 4.91. The van der Waals surface area contributed by atoms with Crippen LogP contribution in [0, 0.1) is 0 Å². The first-order valence-corrected chi connectivity index (χ1v) is 4.91. The van der Waals surface area contributed by atoms with Crippen molar-refractivity contribution < 1.29 is 19.4 Å². The van der Waals surface area contributed by atoms with Gasteiger partial charge in [0.15, 0.2) is 0 Å². The molecule has 0 heterocycles. The minimum atomic E-state index is -0.914. The van der Waals surface area contributed by atoms with Gasteiger partial charge in [-0.1, -0.05) is 30.3 Å². The van der Waals surface area contributed by atoms with Crippen LogP contribution in [0.5, 0.6) is 0 Å². The fourth-order valence-corrected chi connectivity index (χ4v) is 1.17. The van der Waals surface area contributed by atoms with Gasteiger partial charge in [0.05, 0.1) is 19.8 Å². The molecule has 0 bridgehead atoms. The molecular weight excluding hydrogens is 210 g/mol. The average molecular weight is 225 g/mol. The van der Waals surface area contributed by atoms with Crippen LogP contribution in [-0.2, 0) is 16.1 Å². The number of primary amides is 1. The minimum Gasteiger partial charge on any atom is -0.441 e. The Kier molecular flexibility index (Phi) is 5.31. The van der Waals surface area contributed by atoms with Crippen molar-refractivity contribution in [3.8, 4) is 0 Å². The molecule has 16 heavy (non-hydrogen) atoms. The van der Waals surface area contributed by atoms with Gasteiger partial charge in [-0.25, -0.2) is 4.79 Å². The molecule has 1 amide bonds. The Balaban J connectivity index is 2.26. The topological polar surface area (TPSA) is 81.8 Å². The van der Waals surface area contributed by atoms with Gasteiger partial charge in [-0.05, 0) is 5.56 Å². The first kappa shape index (κ1) is 12.5. The van der Waals surface area contributed by atoms with Gasteiger partial charge in [-0.3, -0.25) is 0 Å². The van der Waals surface area contributed by atoms with Crippen LogP contribution in [0.25, 0.3) is 0 Å². The van der Waals surface area contributed by atoms with Gasteiger partial charge in [-0.15, -0.1) is 0 Å². The molecule has 1 atom stereocenters. The molecule has 0 saturated heterocycles. The van der Waals surface area contributed by atoms with E-state index < -0.39 is 12.2 Å². The van der Waals surface area contributed by atoms with Crippen molar-refractivity contribution in [3.63, 3.8) is 0 Å². The predicted molar refractivity (Wildman–Crippen MR) is 57.6 cm³/mol. The van der Waals surface area contributed by atoms with Crippen molar-refractivity contribution >= 4 is 6.09 Å². The van der Waals surface area contributed by atoms with E-state index in [1.165, 1.54) is 0 Å². The fraction of sp³-hybridized carbons (Fsp3) is 0.364. The Labute approximate surface area is 93.8 Å². The van der Waals surface area contributed by atoms with Gasteiger partial charge in [-0.2, -0.15) is 0 Å². The molecule has 0 fully saturated rings. The summed E-state index contributed by atoms with van der Waals surface area (Å²) in [5, 5.41) is 8.86. The van der Waals surface area contributed by atoms with E-state index in [2.05, 4.69) is 4.74 Å². The number of benzene rings is 1. The second-order valence-corrected chi connectivity index (χ2v) is 3.24. The highest BCUT2D eigenvalue weighted by atomic mass is 16.6. The van der Waals surface area contributed by atoms with Crippen molar-refractivity contribution in [1.82, 2.24) is 0 Å². The summed E-state index contributed by atoms with van der Waals surface area (Å²) in [6.45, 7) is 0.214. The third kappa shape index (κ3) is 4.77. The number of hydrogen-bond donors (Lipinski definition) is 2. The second-order valence-electron chi connectivity index (χ2n) is 3.24. The summed E-state index contributed by atoms with van der Waals surface area (Å²) in [5.74, 6) is 0. The van der Waals surface area contributed by atoms with Crippen LogP contribution < -0.4 is 5.73 Å². The quantitative estimate of drug-likeness (QED) is 0.745. The monoisotopic (exact) mass is 225 g/mol. The van der Waals surface area contributed by atoms with Crippen molar-refractivity contribution in [3.05, 3.63) is 35.9 Å². The van der Waals surface area contributed by atoms with Crippen LogP contribution in [0.15, 0.2) is 30.3 Å². The lowest BCUT2D eigenvalue weighted by molar-refractivity contribution is -0.00910.